The van der Waals surface area contributed by atoms with Gasteiger partial charge in [0.2, 0.25) is 5.91 Å². The molecular weight excluding hydrogens is 502 g/mol. The number of piperidine rings is 1. The van der Waals surface area contributed by atoms with Crippen LogP contribution in [0.25, 0.3) is 10.2 Å². The number of fused-ring (bicyclic) bond motifs is 1. The Balaban J connectivity index is 1.06. The molecule has 0 radical (unpaired) electrons. The van der Waals surface area contributed by atoms with E-state index in [2.05, 4.69) is 65.1 Å². The SMILES string of the molecule is Cc1cc(C)c2nc(N3CCC[C@H](C(=O)NCCCN4CCN(c5cc(Cl)ccc5C)CC4)C3)sc2c1. The van der Waals surface area contributed by atoms with Crippen molar-refractivity contribution in [3.63, 3.8) is 0 Å². The fourth-order valence-corrected chi connectivity index (χ4v) is 7.00. The van der Waals surface area contributed by atoms with Crippen LogP contribution in [0.4, 0.5) is 10.8 Å². The first-order valence-corrected chi connectivity index (χ1v) is 14.7. The van der Waals surface area contributed by atoms with Gasteiger partial charge in [-0.25, -0.2) is 4.98 Å². The van der Waals surface area contributed by atoms with E-state index in [1.165, 1.54) is 27.1 Å². The number of anilines is 2. The second-order valence-electron chi connectivity index (χ2n) is 10.6. The summed E-state index contributed by atoms with van der Waals surface area (Å²) in [4.78, 5) is 25.1. The molecule has 6 nitrogen and oxygen atoms in total. The lowest BCUT2D eigenvalue weighted by atomic mass is 9.97. The van der Waals surface area contributed by atoms with Gasteiger partial charge in [-0.15, -0.1) is 0 Å². The van der Waals surface area contributed by atoms with E-state index >= 15 is 0 Å². The number of rotatable bonds is 7. The van der Waals surface area contributed by atoms with Gasteiger partial charge in [0.1, 0.15) is 0 Å². The summed E-state index contributed by atoms with van der Waals surface area (Å²) < 4.78 is 1.24. The first kappa shape index (κ1) is 26.3. The number of hydrogen-bond donors (Lipinski definition) is 1. The summed E-state index contributed by atoms with van der Waals surface area (Å²) in [6.07, 6.45) is 2.97. The van der Waals surface area contributed by atoms with E-state index in [1.54, 1.807) is 11.3 Å². The lowest BCUT2D eigenvalue weighted by Gasteiger charge is -2.37. The molecule has 0 saturated carbocycles. The lowest BCUT2D eigenvalue weighted by Crippen LogP contribution is -2.47. The Morgan fingerprint density at radius 1 is 1.05 bits per heavy atom. The molecule has 2 aliphatic rings. The lowest BCUT2D eigenvalue weighted by molar-refractivity contribution is -0.125. The maximum atomic E-state index is 13.0. The average molecular weight is 540 g/mol. The van der Waals surface area contributed by atoms with Crippen LogP contribution in [0.2, 0.25) is 5.02 Å². The van der Waals surface area contributed by atoms with Gasteiger partial charge in [0.25, 0.3) is 0 Å². The summed E-state index contributed by atoms with van der Waals surface area (Å²) >= 11 is 7.97. The van der Waals surface area contributed by atoms with Crippen LogP contribution in [0, 0.1) is 26.7 Å². The van der Waals surface area contributed by atoms with Gasteiger partial charge in [-0.3, -0.25) is 9.69 Å². The van der Waals surface area contributed by atoms with E-state index in [-0.39, 0.29) is 11.8 Å². The number of carbonyl (C=O) groups is 1. The number of nitrogens with one attached hydrogen (secondary N) is 1. The highest BCUT2D eigenvalue weighted by Gasteiger charge is 2.27. The Kier molecular flexibility index (Phi) is 8.22. The molecule has 2 aromatic carbocycles. The molecule has 0 unspecified atom stereocenters. The average Bonchev–Trinajstić information content (AvgIpc) is 3.33. The third-order valence-corrected chi connectivity index (χ3v) is 9.01. The number of hydrogen-bond acceptors (Lipinski definition) is 6. The van der Waals surface area contributed by atoms with Crippen molar-refractivity contribution in [2.45, 2.75) is 40.0 Å². The highest BCUT2D eigenvalue weighted by Crippen LogP contribution is 2.33. The molecule has 2 aliphatic heterocycles. The van der Waals surface area contributed by atoms with E-state index in [4.69, 9.17) is 16.6 Å². The molecule has 2 saturated heterocycles. The number of carbonyl (C=O) groups excluding carboxylic acids is 1. The summed E-state index contributed by atoms with van der Waals surface area (Å²) in [5, 5.41) is 5.07. The second-order valence-corrected chi connectivity index (χ2v) is 12.1. The Bertz CT molecular complexity index is 1250. The van der Waals surface area contributed by atoms with Crippen molar-refractivity contribution in [2.24, 2.45) is 5.92 Å². The van der Waals surface area contributed by atoms with E-state index in [9.17, 15) is 4.79 Å². The highest BCUT2D eigenvalue weighted by molar-refractivity contribution is 7.22. The third kappa shape index (κ3) is 6.21. The first-order valence-electron chi connectivity index (χ1n) is 13.5. The zero-order valence-corrected chi connectivity index (χ0v) is 23.8. The predicted octanol–water partition coefficient (Wildman–Crippen LogP) is 5.42. The maximum Gasteiger partial charge on any atom is 0.224 e. The molecular formula is C29H38ClN5OS. The number of piperazine rings is 1. The summed E-state index contributed by atoms with van der Waals surface area (Å²) in [5.41, 5.74) is 6.12. The molecule has 3 aromatic rings. The normalized spacial score (nSPS) is 19.0. The van der Waals surface area contributed by atoms with Crippen molar-refractivity contribution in [3.05, 3.63) is 52.0 Å². The zero-order valence-electron chi connectivity index (χ0n) is 22.2. The number of nitrogens with zero attached hydrogens (tertiary/aromatic N) is 4. The van der Waals surface area contributed by atoms with Crippen LogP contribution in [0.1, 0.15) is 36.0 Å². The van der Waals surface area contributed by atoms with Crippen LogP contribution in [0.5, 0.6) is 0 Å². The largest absolute Gasteiger partial charge is 0.369 e. The number of aromatic nitrogens is 1. The van der Waals surface area contributed by atoms with Crippen LogP contribution >= 0.6 is 22.9 Å². The Hall–Kier alpha value is -2.35. The minimum Gasteiger partial charge on any atom is -0.369 e. The monoisotopic (exact) mass is 539 g/mol. The third-order valence-electron chi connectivity index (χ3n) is 7.72. The van der Waals surface area contributed by atoms with Crippen molar-refractivity contribution < 1.29 is 4.79 Å². The van der Waals surface area contributed by atoms with Gasteiger partial charge in [0.05, 0.1) is 16.1 Å². The number of aryl methyl sites for hydroxylation is 3. The number of halogens is 1. The van der Waals surface area contributed by atoms with Gasteiger partial charge in [0.15, 0.2) is 5.13 Å². The molecule has 37 heavy (non-hydrogen) atoms. The molecule has 8 heteroatoms. The molecule has 3 heterocycles. The molecule has 0 aliphatic carbocycles. The van der Waals surface area contributed by atoms with Crippen LogP contribution in [-0.4, -0.2) is 68.1 Å². The minimum atomic E-state index is 0.0353. The summed E-state index contributed by atoms with van der Waals surface area (Å²) in [6, 6.07) is 10.5. The van der Waals surface area contributed by atoms with Gasteiger partial charge in [-0.05, 0) is 81.5 Å². The molecule has 1 atom stereocenters. The van der Waals surface area contributed by atoms with E-state index in [0.717, 1.165) is 87.3 Å². The van der Waals surface area contributed by atoms with Crippen molar-refractivity contribution in [1.29, 1.82) is 0 Å². The Labute approximate surface area is 229 Å². The van der Waals surface area contributed by atoms with Crippen LogP contribution in [0.15, 0.2) is 30.3 Å². The topological polar surface area (TPSA) is 51.7 Å². The van der Waals surface area contributed by atoms with Gasteiger partial charge < -0.3 is 15.1 Å². The maximum absolute atomic E-state index is 13.0. The van der Waals surface area contributed by atoms with Crippen LogP contribution in [-0.2, 0) is 4.79 Å². The molecule has 1 aromatic heterocycles. The number of thiazole rings is 1. The Morgan fingerprint density at radius 2 is 1.86 bits per heavy atom. The fourth-order valence-electron chi connectivity index (χ4n) is 5.65. The Morgan fingerprint density at radius 3 is 2.68 bits per heavy atom. The van der Waals surface area contributed by atoms with Gasteiger partial charge >= 0.3 is 0 Å². The van der Waals surface area contributed by atoms with Crippen molar-refractivity contribution >= 4 is 49.9 Å². The molecule has 2 fully saturated rings. The smallest absolute Gasteiger partial charge is 0.224 e. The molecule has 198 valence electrons. The quantitative estimate of drug-likeness (QED) is 0.406. The minimum absolute atomic E-state index is 0.0353. The molecule has 5 rings (SSSR count). The van der Waals surface area contributed by atoms with Crippen molar-refractivity contribution in [3.8, 4) is 0 Å². The molecule has 1 N–H and O–H groups in total. The van der Waals surface area contributed by atoms with Gasteiger partial charge in [-0.2, -0.15) is 0 Å². The standard InChI is InChI=1S/C29H38ClN5OS/c1-20-16-22(3)27-26(17-20)37-29(32-27)35-11-4-6-23(19-35)28(36)31-9-5-10-33-12-14-34(15-13-33)25-18-24(30)8-7-21(25)2/h7-8,16-18,23H,4-6,9-15,19H2,1-3H3,(H,31,36)/t23-/m0/s1. The first-order chi connectivity index (χ1) is 17.9. The van der Waals surface area contributed by atoms with E-state index < -0.39 is 0 Å². The molecule has 0 spiro atoms. The fraction of sp³-hybridized carbons (Fsp3) is 0.517. The van der Waals surface area contributed by atoms with E-state index in [0.29, 0.717) is 0 Å². The number of benzene rings is 2. The molecule has 0 bridgehead atoms. The summed E-state index contributed by atoms with van der Waals surface area (Å²) in [5.74, 6) is 0.229. The second kappa shape index (κ2) is 11.6. The van der Waals surface area contributed by atoms with E-state index in [1.807, 2.05) is 6.07 Å². The highest BCUT2D eigenvalue weighted by atomic mass is 35.5. The van der Waals surface area contributed by atoms with Crippen LogP contribution < -0.4 is 15.1 Å². The van der Waals surface area contributed by atoms with Crippen molar-refractivity contribution in [2.75, 3.05) is 62.2 Å². The molecule has 1 amide bonds. The van der Waals surface area contributed by atoms with Gasteiger partial charge in [0, 0.05) is 56.5 Å². The zero-order chi connectivity index (χ0) is 25.9. The summed E-state index contributed by atoms with van der Waals surface area (Å²) in [7, 11) is 0. The van der Waals surface area contributed by atoms with Gasteiger partial charge in [-0.1, -0.05) is 35.1 Å². The number of amides is 1. The van der Waals surface area contributed by atoms with Crippen LogP contribution in [0.3, 0.4) is 0 Å². The summed E-state index contributed by atoms with van der Waals surface area (Å²) in [6.45, 7) is 14.0. The predicted molar refractivity (Wildman–Crippen MR) is 156 cm³/mol. The van der Waals surface area contributed by atoms with Crippen molar-refractivity contribution in [1.82, 2.24) is 15.2 Å².